The highest BCUT2D eigenvalue weighted by atomic mass is 16.5. The summed E-state index contributed by atoms with van der Waals surface area (Å²) in [7, 11) is 0. The lowest BCUT2D eigenvalue weighted by Gasteiger charge is -2.18. The molecule has 1 aromatic rings. The third-order valence-electron chi connectivity index (χ3n) is 3.03. The first kappa shape index (κ1) is 12.0. The normalized spacial score (nSPS) is 15.5. The fourth-order valence-electron chi connectivity index (χ4n) is 1.82. The van der Waals surface area contributed by atoms with Gasteiger partial charge in [0.2, 0.25) is 0 Å². The van der Waals surface area contributed by atoms with E-state index in [-0.39, 0.29) is 6.04 Å². The smallest absolute Gasteiger partial charge is 0.138 e. The summed E-state index contributed by atoms with van der Waals surface area (Å²) in [5.41, 5.74) is 8.16. The van der Waals surface area contributed by atoms with Gasteiger partial charge in [-0.05, 0) is 30.4 Å². The summed E-state index contributed by atoms with van der Waals surface area (Å²) in [6, 6.07) is 6.08. The number of ether oxygens (including phenoxy) is 1. The molecule has 2 rings (SSSR count). The molecule has 90 valence electrons. The summed E-state index contributed by atoms with van der Waals surface area (Å²) in [5.74, 6) is 7.59. The van der Waals surface area contributed by atoms with Gasteiger partial charge in [0.05, 0.1) is 18.2 Å². The summed E-state index contributed by atoms with van der Waals surface area (Å²) in [5, 5.41) is 0. The lowest BCUT2D eigenvalue weighted by molar-refractivity contribution is 0.287. The molecule has 1 aliphatic heterocycles. The summed E-state index contributed by atoms with van der Waals surface area (Å²) < 4.78 is 5.70. The van der Waals surface area contributed by atoms with Crippen molar-refractivity contribution in [1.82, 2.24) is 0 Å². The molecule has 0 bridgehead atoms. The van der Waals surface area contributed by atoms with Gasteiger partial charge >= 0.3 is 0 Å². The lowest BCUT2D eigenvalue weighted by atomic mass is 10.0. The number of rotatable bonds is 1. The van der Waals surface area contributed by atoms with E-state index < -0.39 is 0 Å². The van der Waals surface area contributed by atoms with Crippen molar-refractivity contribution in [3.8, 4) is 17.6 Å². The Bertz CT molecular complexity index is 454. The van der Waals surface area contributed by atoms with Gasteiger partial charge in [-0.1, -0.05) is 37.8 Å². The molecule has 0 spiro atoms. The maximum absolute atomic E-state index is 5.93. The van der Waals surface area contributed by atoms with Crippen LogP contribution in [-0.2, 0) is 6.42 Å². The topological polar surface area (TPSA) is 35.2 Å². The van der Waals surface area contributed by atoms with Crippen molar-refractivity contribution >= 4 is 0 Å². The van der Waals surface area contributed by atoms with E-state index in [9.17, 15) is 0 Å². The van der Waals surface area contributed by atoms with Gasteiger partial charge in [-0.25, -0.2) is 0 Å². The van der Waals surface area contributed by atoms with Crippen LogP contribution < -0.4 is 10.5 Å². The summed E-state index contributed by atoms with van der Waals surface area (Å²) in [6.45, 7) is 4.95. The summed E-state index contributed by atoms with van der Waals surface area (Å²) in [6.07, 6.45) is 2.18. The zero-order chi connectivity index (χ0) is 12.3. The fraction of sp³-hybridized carbons (Fsp3) is 0.467. The molecule has 1 aromatic carbocycles. The minimum Gasteiger partial charge on any atom is -0.492 e. The van der Waals surface area contributed by atoms with Crippen molar-refractivity contribution in [3.63, 3.8) is 0 Å². The zero-order valence-corrected chi connectivity index (χ0v) is 10.5. The second kappa shape index (κ2) is 5.25. The number of hydrogen-bond acceptors (Lipinski definition) is 2. The summed E-state index contributed by atoms with van der Waals surface area (Å²) >= 11 is 0. The molecule has 1 unspecified atom stereocenters. The van der Waals surface area contributed by atoms with Crippen LogP contribution in [0.1, 0.15) is 31.4 Å². The Balaban J connectivity index is 2.27. The van der Waals surface area contributed by atoms with Crippen molar-refractivity contribution in [1.29, 1.82) is 0 Å². The minimum atomic E-state index is -0.0746. The van der Waals surface area contributed by atoms with Crippen LogP contribution in [0.3, 0.4) is 0 Å². The number of fused-ring (bicyclic) bond motifs is 1. The van der Waals surface area contributed by atoms with E-state index in [1.54, 1.807) is 0 Å². The monoisotopic (exact) mass is 229 g/mol. The number of aryl methyl sites for hydroxylation is 1. The first-order valence-corrected chi connectivity index (χ1v) is 6.20. The maximum atomic E-state index is 5.93. The van der Waals surface area contributed by atoms with Crippen LogP contribution in [0.2, 0.25) is 0 Å². The Morgan fingerprint density at radius 3 is 2.94 bits per heavy atom. The molecule has 2 heteroatoms. The van der Waals surface area contributed by atoms with E-state index in [4.69, 9.17) is 10.5 Å². The highest BCUT2D eigenvalue weighted by Crippen LogP contribution is 2.28. The molecular weight excluding hydrogens is 210 g/mol. The van der Waals surface area contributed by atoms with Gasteiger partial charge in [0.1, 0.15) is 5.75 Å². The third kappa shape index (κ3) is 2.81. The van der Waals surface area contributed by atoms with Gasteiger partial charge in [0, 0.05) is 0 Å². The van der Waals surface area contributed by atoms with Crippen molar-refractivity contribution in [2.75, 3.05) is 6.61 Å². The van der Waals surface area contributed by atoms with Gasteiger partial charge in [-0.2, -0.15) is 0 Å². The van der Waals surface area contributed by atoms with Crippen LogP contribution in [0, 0.1) is 17.8 Å². The van der Waals surface area contributed by atoms with Crippen molar-refractivity contribution < 1.29 is 4.74 Å². The number of para-hydroxylation sites is 1. The molecule has 0 aromatic heterocycles. The van der Waals surface area contributed by atoms with Crippen molar-refractivity contribution in [2.45, 2.75) is 32.7 Å². The Kier molecular flexibility index (Phi) is 3.71. The second-order valence-corrected chi connectivity index (χ2v) is 4.78. The molecule has 0 saturated heterocycles. The van der Waals surface area contributed by atoms with Crippen LogP contribution in [0.5, 0.6) is 5.75 Å². The molecule has 0 saturated carbocycles. The quantitative estimate of drug-likeness (QED) is 0.750. The molecule has 0 aliphatic carbocycles. The predicted octanol–water partition coefficient (Wildman–Crippen LogP) is 2.35. The lowest BCUT2D eigenvalue weighted by Crippen LogP contribution is -2.24. The van der Waals surface area contributed by atoms with Gasteiger partial charge in [0.15, 0.2) is 0 Å². The van der Waals surface area contributed by atoms with Gasteiger partial charge in [-0.15, -0.1) is 0 Å². The second-order valence-electron chi connectivity index (χ2n) is 4.78. The average molecular weight is 229 g/mol. The van der Waals surface area contributed by atoms with E-state index in [1.165, 1.54) is 5.56 Å². The van der Waals surface area contributed by atoms with Crippen LogP contribution in [-0.4, -0.2) is 12.6 Å². The SMILES string of the molecule is CC(C)C(N)C#Cc1cccc2c1OCCC2. The molecule has 1 atom stereocenters. The first-order valence-electron chi connectivity index (χ1n) is 6.20. The molecular formula is C15H19NO. The zero-order valence-electron chi connectivity index (χ0n) is 10.5. The molecule has 17 heavy (non-hydrogen) atoms. The van der Waals surface area contributed by atoms with Gasteiger partial charge in [-0.3, -0.25) is 0 Å². The van der Waals surface area contributed by atoms with Crippen molar-refractivity contribution in [2.24, 2.45) is 11.7 Å². The average Bonchev–Trinajstić information content (AvgIpc) is 2.35. The van der Waals surface area contributed by atoms with Crippen LogP contribution >= 0.6 is 0 Å². The van der Waals surface area contributed by atoms with Crippen molar-refractivity contribution in [3.05, 3.63) is 29.3 Å². The predicted molar refractivity (Wildman–Crippen MR) is 69.9 cm³/mol. The van der Waals surface area contributed by atoms with Crippen LogP contribution in [0.15, 0.2) is 18.2 Å². The van der Waals surface area contributed by atoms with Gasteiger partial charge in [0.25, 0.3) is 0 Å². The molecule has 2 N–H and O–H groups in total. The molecule has 2 nitrogen and oxygen atoms in total. The molecule has 1 aliphatic rings. The largest absolute Gasteiger partial charge is 0.492 e. The fourth-order valence-corrected chi connectivity index (χ4v) is 1.82. The Hall–Kier alpha value is -1.46. The number of nitrogens with two attached hydrogens (primary N) is 1. The Morgan fingerprint density at radius 1 is 1.35 bits per heavy atom. The van der Waals surface area contributed by atoms with E-state index >= 15 is 0 Å². The highest BCUT2D eigenvalue weighted by Gasteiger charge is 2.13. The number of hydrogen-bond donors (Lipinski definition) is 1. The van der Waals surface area contributed by atoms with E-state index in [0.717, 1.165) is 30.8 Å². The minimum absolute atomic E-state index is 0.0746. The van der Waals surface area contributed by atoms with E-state index in [1.807, 2.05) is 12.1 Å². The molecule has 0 amide bonds. The number of benzene rings is 1. The molecule has 0 radical (unpaired) electrons. The third-order valence-corrected chi connectivity index (χ3v) is 3.03. The summed E-state index contributed by atoms with van der Waals surface area (Å²) in [4.78, 5) is 0. The van der Waals surface area contributed by atoms with E-state index in [2.05, 4.69) is 31.8 Å². The first-order chi connectivity index (χ1) is 8.18. The molecule has 1 heterocycles. The van der Waals surface area contributed by atoms with E-state index in [0.29, 0.717) is 5.92 Å². The standard InChI is InChI=1S/C15H19NO/c1-11(2)14(16)9-8-13-6-3-5-12-7-4-10-17-15(12)13/h3,5-6,11,14H,4,7,10,16H2,1-2H3. The maximum Gasteiger partial charge on any atom is 0.138 e. The Morgan fingerprint density at radius 2 is 2.18 bits per heavy atom. The molecule has 0 fully saturated rings. The van der Waals surface area contributed by atoms with Crippen LogP contribution in [0.4, 0.5) is 0 Å². The highest BCUT2D eigenvalue weighted by molar-refractivity contribution is 5.51. The Labute approximate surface area is 103 Å². The van der Waals surface area contributed by atoms with Crippen LogP contribution in [0.25, 0.3) is 0 Å². The van der Waals surface area contributed by atoms with Gasteiger partial charge < -0.3 is 10.5 Å².